The molecule has 0 fully saturated rings. The van der Waals surface area contributed by atoms with E-state index in [1.165, 1.54) is 0 Å². The van der Waals surface area contributed by atoms with E-state index in [0.717, 1.165) is 17.3 Å². The van der Waals surface area contributed by atoms with Gasteiger partial charge in [0.15, 0.2) is 5.96 Å². The molecule has 0 saturated carbocycles. The zero-order chi connectivity index (χ0) is 13.9. The highest BCUT2D eigenvalue weighted by atomic mass is 15.2. The van der Waals surface area contributed by atoms with E-state index in [0.29, 0.717) is 6.54 Å². The number of rotatable bonds is 2. The van der Waals surface area contributed by atoms with Gasteiger partial charge in [-0.15, -0.1) is 0 Å². The zero-order valence-corrected chi connectivity index (χ0v) is 11.9. The minimum Gasteiger partial charge on any atom is -0.352 e. The standard InChI is InChI=1S/C14H21N5/c1-14(2,3)18-13(15-4)16-9-11-10-19-8-6-5-7-12(19)17-11/h5-8,10H,9H2,1-4H3,(H2,15,16,18). The number of hydrogen-bond acceptors (Lipinski definition) is 2. The Morgan fingerprint density at radius 1 is 1.37 bits per heavy atom. The summed E-state index contributed by atoms with van der Waals surface area (Å²) in [4.78, 5) is 8.74. The number of imidazole rings is 1. The molecule has 0 aliphatic rings. The Morgan fingerprint density at radius 3 is 2.79 bits per heavy atom. The van der Waals surface area contributed by atoms with Crippen LogP contribution in [0.2, 0.25) is 0 Å². The summed E-state index contributed by atoms with van der Waals surface area (Å²) in [5, 5.41) is 6.58. The second kappa shape index (κ2) is 5.30. The predicted molar refractivity (Wildman–Crippen MR) is 78.3 cm³/mol. The van der Waals surface area contributed by atoms with E-state index < -0.39 is 0 Å². The van der Waals surface area contributed by atoms with Gasteiger partial charge in [-0.05, 0) is 32.9 Å². The minimum atomic E-state index is -0.0131. The highest BCUT2D eigenvalue weighted by Gasteiger charge is 2.11. The molecular weight excluding hydrogens is 238 g/mol. The molecule has 0 aromatic carbocycles. The molecule has 2 heterocycles. The zero-order valence-electron chi connectivity index (χ0n) is 11.9. The molecule has 0 atom stereocenters. The van der Waals surface area contributed by atoms with E-state index in [2.05, 4.69) is 41.4 Å². The van der Waals surface area contributed by atoms with Gasteiger partial charge in [0.25, 0.3) is 0 Å². The normalized spacial score (nSPS) is 12.7. The summed E-state index contributed by atoms with van der Waals surface area (Å²) < 4.78 is 2.01. The van der Waals surface area contributed by atoms with Gasteiger partial charge in [-0.25, -0.2) is 4.98 Å². The Balaban J connectivity index is 2.01. The topological polar surface area (TPSA) is 53.7 Å². The average molecular weight is 259 g/mol. The molecule has 0 unspecified atom stereocenters. The van der Waals surface area contributed by atoms with Crippen molar-refractivity contribution in [3.63, 3.8) is 0 Å². The molecule has 5 nitrogen and oxygen atoms in total. The number of nitrogens with zero attached hydrogens (tertiary/aromatic N) is 3. The molecule has 102 valence electrons. The van der Waals surface area contributed by atoms with E-state index in [1.807, 2.05) is 35.0 Å². The summed E-state index contributed by atoms with van der Waals surface area (Å²) in [5.41, 5.74) is 1.93. The lowest BCUT2D eigenvalue weighted by Crippen LogP contribution is -2.47. The van der Waals surface area contributed by atoms with Crippen LogP contribution in [0.1, 0.15) is 26.5 Å². The van der Waals surface area contributed by atoms with Crippen LogP contribution in [0.15, 0.2) is 35.6 Å². The van der Waals surface area contributed by atoms with Gasteiger partial charge in [0.05, 0.1) is 12.2 Å². The van der Waals surface area contributed by atoms with Crippen LogP contribution >= 0.6 is 0 Å². The maximum absolute atomic E-state index is 4.53. The second-order valence-electron chi connectivity index (χ2n) is 5.50. The van der Waals surface area contributed by atoms with Crippen LogP contribution < -0.4 is 10.6 Å². The van der Waals surface area contributed by atoms with Crippen LogP contribution in [0.3, 0.4) is 0 Å². The summed E-state index contributed by atoms with van der Waals surface area (Å²) in [6.45, 7) is 6.96. The molecule has 2 aromatic heterocycles. The second-order valence-corrected chi connectivity index (χ2v) is 5.50. The van der Waals surface area contributed by atoms with E-state index in [4.69, 9.17) is 0 Å². The van der Waals surface area contributed by atoms with Gasteiger partial charge in [-0.3, -0.25) is 4.99 Å². The molecule has 0 saturated heterocycles. The van der Waals surface area contributed by atoms with Crippen LogP contribution in [-0.4, -0.2) is 27.9 Å². The lowest BCUT2D eigenvalue weighted by atomic mass is 10.1. The van der Waals surface area contributed by atoms with Crippen LogP contribution in [0.5, 0.6) is 0 Å². The van der Waals surface area contributed by atoms with E-state index in [1.54, 1.807) is 7.05 Å². The number of aliphatic imine (C=N–C) groups is 1. The fraction of sp³-hybridized carbons (Fsp3) is 0.429. The van der Waals surface area contributed by atoms with Gasteiger partial charge in [-0.1, -0.05) is 6.07 Å². The van der Waals surface area contributed by atoms with Crippen molar-refractivity contribution in [2.45, 2.75) is 32.9 Å². The smallest absolute Gasteiger partial charge is 0.191 e. The molecule has 0 aliphatic carbocycles. The molecule has 0 bridgehead atoms. The van der Waals surface area contributed by atoms with E-state index in [9.17, 15) is 0 Å². The van der Waals surface area contributed by atoms with Gasteiger partial charge in [0.2, 0.25) is 0 Å². The first-order chi connectivity index (χ1) is 8.98. The number of fused-ring (bicyclic) bond motifs is 1. The van der Waals surface area contributed by atoms with E-state index in [-0.39, 0.29) is 5.54 Å². The van der Waals surface area contributed by atoms with Gasteiger partial charge >= 0.3 is 0 Å². The third kappa shape index (κ3) is 3.71. The van der Waals surface area contributed by atoms with Crippen molar-refractivity contribution in [1.29, 1.82) is 0 Å². The minimum absolute atomic E-state index is 0.0131. The van der Waals surface area contributed by atoms with Crippen molar-refractivity contribution in [1.82, 2.24) is 20.0 Å². The molecule has 19 heavy (non-hydrogen) atoms. The SMILES string of the molecule is CN=C(NCc1cn2ccccc2n1)NC(C)(C)C. The third-order valence-electron chi connectivity index (χ3n) is 2.57. The van der Waals surface area contributed by atoms with Gasteiger partial charge in [0.1, 0.15) is 5.65 Å². The third-order valence-corrected chi connectivity index (χ3v) is 2.57. The molecule has 0 spiro atoms. The van der Waals surface area contributed by atoms with Crippen molar-refractivity contribution >= 4 is 11.6 Å². The Morgan fingerprint density at radius 2 is 2.16 bits per heavy atom. The average Bonchev–Trinajstić information content (AvgIpc) is 2.75. The fourth-order valence-electron chi connectivity index (χ4n) is 1.78. The number of pyridine rings is 1. The Labute approximate surface area is 113 Å². The Kier molecular flexibility index (Phi) is 3.74. The highest BCUT2D eigenvalue weighted by Crippen LogP contribution is 2.04. The quantitative estimate of drug-likeness (QED) is 0.638. The number of aromatic nitrogens is 2. The molecule has 2 aromatic rings. The molecule has 2 N–H and O–H groups in total. The summed E-state index contributed by atoms with van der Waals surface area (Å²) in [6.07, 6.45) is 4.01. The number of nitrogens with one attached hydrogen (secondary N) is 2. The van der Waals surface area contributed by atoms with Crippen LogP contribution in [0, 0.1) is 0 Å². The fourth-order valence-corrected chi connectivity index (χ4v) is 1.78. The first-order valence-electron chi connectivity index (χ1n) is 6.39. The first kappa shape index (κ1) is 13.4. The lowest BCUT2D eigenvalue weighted by molar-refractivity contribution is 0.501. The van der Waals surface area contributed by atoms with Crippen molar-refractivity contribution in [3.05, 3.63) is 36.3 Å². The van der Waals surface area contributed by atoms with Crippen molar-refractivity contribution in [3.8, 4) is 0 Å². The molecule has 0 radical (unpaired) electrons. The van der Waals surface area contributed by atoms with E-state index >= 15 is 0 Å². The van der Waals surface area contributed by atoms with Gasteiger partial charge in [0, 0.05) is 25.0 Å². The van der Waals surface area contributed by atoms with Crippen molar-refractivity contribution in [2.24, 2.45) is 4.99 Å². The summed E-state index contributed by atoms with van der Waals surface area (Å²) in [7, 11) is 1.77. The van der Waals surface area contributed by atoms with Crippen LogP contribution in [0.4, 0.5) is 0 Å². The monoisotopic (exact) mass is 259 g/mol. The van der Waals surface area contributed by atoms with Crippen molar-refractivity contribution in [2.75, 3.05) is 7.05 Å². The molecular formula is C14H21N5. The maximum Gasteiger partial charge on any atom is 0.191 e. The molecule has 0 amide bonds. The predicted octanol–water partition coefficient (Wildman–Crippen LogP) is 1.80. The number of guanidine groups is 1. The van der Waals surface area contributed by atoms with Gasteiger partial charge < -0.3 is 15.0 Å². The molecule has 0 aliphatic heterocycles. The highest BCUT2D eigenvalue weighted by molar-refractivity contribution is 5.80. The molecule has 2 rings (SSSR count). The molecule has 5 heteroatoms. The Hall–Kier alpha value is -2.04. The van der Waals surface area contributed by atoms with Gasteiger partial charge in [-0.2, -0.15) is 0 Å². The Bertz CT molecular complexity index is 544. The largest absolute Gasteiger partial charge is 0.352 e. The lowest BCUT2D eigenvalue weighted by Gasteiger charge is -2.23. The summed E-state index contributed by atoms with van der Waals surface area (Å²) in [6, 6.07) is 5.97. The number of hydrogen-bond donors (Lipinski definition) is 2. The van der Waals surface area contributed by atoms with Crippen LogP contribution in [-0.2, 0) is 6.54 Å². The maximum atomic E-state index is 4.53. The summed E-state index contributed by atoms with van der Waals surface area (Å²) in [5.74, 6) is 0.782. The van der Waals surface area contributed by atoms with Crippen LogP contribution in [0.25, 0.3) is 5.65 Å². The van der Waals surface area contributed by atoms with Crippen molar-refractivity contribution < 1.29 is 0 Å². The first-order valence-corrected chi connectivity index (χ1v) is 6.39. The summed E-state index contributed by atoms with van der Waals surface area (Å²) >= 11 is 0.